The van der Waals surface area contributed by atoms with Crippen molar-refractivity contribution in [1.82, 2.24) is 0 Å². The van der Waals surface area contributed by atoms with Crippen LogP contribution in [0.4, 0.5) is 12.9 Å². The van der Waals surface area contributed by atoms with E-state index >= 15 is 0 Å². The molecule has 0 fully saturated rings. The molecular formula is C5H12AlBClF3. The van der Waals surface area contributed by atoms with E-state index < -0.39 is 7.54 Å². The standard InChI is InChI=1S/C4H9.CH3.Al.BF3.ClH/c1-3-4-2;;;2-1(3)4;/h1,3-4H2,2H3;1H3;;;1H/q2*-1;+3;;/p-1. The second kappa shape index (κ2) is 31.0. The Morgan fingerprint density at radius 1 is 1.36 bits per heavy atom. The van der Waals surface area contributed by atoms with Gasteiger partial charge in [-0.05, 0) is 0 Å². The van der Waals surface area contributed by atoms with Crippen molar-refractivity contribution in [2.24, 2.45) is 0 Å². The molecule has 0 spiro atoms. The average molecular weight is 202 g/mol. The Balaban J connectivity index is -0.0000000339. The van der Waals surface area contributed by atoms with Crippen LogP contribution < -0.4 is 0 Å². The molecule has 0 aromatic heterocycles. The summed E-state index contributed by atoms with van der Waals surface area (Å²) in [6.45, 7) is 5.72. The zero-order valence-corrected chi connectivity index (χ0v) is 8.70. The molecule has 0 aromatic rings. The normalized spacial score (nSPS) is 5.82. The molecule has 0 aromatic carbocycles. The first-order chi connectivity index (χ1) is 4.65. The van der Waals surface area contributed by atoms with Gasteiger partial charge in [-0.2, -0.15) is 6.42 Å². The second-order valence-electron chi connectivity index (χ2n) is 1.10. The Kier molecular flexibility index (Phi) is 63.7. The number of hydrogen-bond acceptors (Lipinski definition) is 0. The van der Waals surface area contributed by atoms with E-state index in [1.165, 1.54) is 6.42 Å². The summed E-state index contributed by atoms with van der Waals surface area (Å²) in [4.78, 5) is 0. The molecular weight excluding hydrogens is 190 g/mol. The van der Waals surface area contributed by atoms with Crippen molar-refractivity contribution in [3.8, 4) is 0 Å². The Bertz CT molecular complexity index is 38.2. The third-order valence-corrected chi connectivity index (χ3v) is 0.354. The molecule has 11 heavy (non-hydrogen) atoms. The van der Waals surface area contributed by atoms with E-state index in [1.54, 1.807) is 0 Å². The average Bonchev–Trinajstić information content (AvgIpc) is 1.91. The van der Waals surface area contributed by atoms with Crippen molar-refractivity contribution in [3.05, 3.63) is 14.4 Å². The molecule has 0 saturated heterocycles. The summed E-state index contributed by atoms with van der Waals surface area (Å²) in [6, 6.07) is 0. The van der Waals surface area contributed by atoms with Crippen LogP contribution in [0.25, 0.3) is 0 Å². The van der Waals surface area contributed by atoms with Gasteiger partial charge in [0.2, 0.25) is 0 Å². The first-order valence-corrected chi connectivity index (χ1v) is 4.33. The predicted molar refractivity (Wildman–Crippen MR) is 47.4 cm³/mol. The third kappa shape index (κ3) is 286. The van der Waals surface area contributed by atoms with E-state index in [2.05, 4.69) is 23.9 Å². The maximum Gasteiger partial charge on any atom is -0.0678 e. The maximum absolute atomic E-state index is 9.67. The fourth-order valence-corrected chi connectivity index (χ4v) is 0. The quantitative estimate of drug-likeness (QED) is 0.452. The topological polar surface area (TPSA) is 0 Å². The van der Waals surface area contributed by atoms with Gasteiger partial charge in [0.25, 0.3) is 0 Å². The van der Waals surface area contributed by atoms with Crippen molar-refractivity contribution in [2.45, 2.75) is 19.8 Å². The van der Waals surface area contributed by atoms with Crippen LogP contribution in [0.15, 0.2) is 0 Å². The van der Waals surface area contributed by atoms with Gasteiger partial charge in [-0.1, -0.05) is 13.3 Å². The molecule has 0 aliphatic rings. The Morgan fingerprint density at radius 2 is 1.45 bits per heavy atom. The zero-order valence-electron chi connectivity index (χ0n) is 6.79. The molecule has 0 N–H and O–H groups in total. The first-order valence-electron chi connectivity index (χ1n) is 2.58. The summed E-state index contributed by atoms with van der Waals surface area (Å²) in [5.41, 5.74) is 0. The largest absolute Gasteiger partial charge is 0.358 e. The summed E-state index contributed by atoms with van der Waals surface area (Å²) >= 11 is 1.89. The fraction of sp³-hybridized carbons (Fsp3) is 0.600. The fourth-order valence-electron chi connectivity index (χ4n) is 0. The van der Waals surface area contributed by atoms with Crippen LogP contribution in [0.1, 0.15) is 19.8 Å². The Morgan fingerprint density at radius 3 is 1.45 bits per heavy atom. The van der Waals surface area contributed by atoms with Gasteiger partial charge in [0, 0.05) is 0 Å². The number of unbranched alkanes of at least 4 members (excludes halogenated alkanes) is 1. The van der Waals surface area contributed by atoms with E-state index in [9.17, 15) is 12.9 Å². The van der Waals surface area contributed by atoms with Crippen LogP contribution in [0, 0.1) is 14.4 Å². The first kappa shape index (κ1) is 22.6. The van der Waals surface area contributed by atoms with Gasteiger partial charge in [0.05, 0.1) is 0 Å². The number of halogens is 4. The monoisotopic (exact) mass is 202 g/mol. The van der Waals surface area contributed by atoms with Gasteiger partial charge in [0.1, 0.15) is 0 Å². The molecule has 0 aliphatic heterocycles. The molecule has 0 heterocycles. The molecule has 0 unspecified atom stereocenters. The molecule has 0 radical (unpaired) electrons. The maximum atomic E-state index is 9.67. The molecule has 0 amide bonds. The van der Waals surface area contributed by atoms with Crippen molar-refractivity contribution in [3.63, 3.8) is 0 Å². The minimum atomic E-state index is -3.67. The molecule has 6 heteroatoms. The van der Waals surface area contributed by atoms with E-state index in [0.29, 0.717) is 0 Å². The van der Waals surface area contributed by atoms with E-state index in [0.717, 1.165) is 6.42 Å². The summed E-state index contributed by atoms with van der Waals surface area (Å²) in [7, 11) is 0.889. The smallest absolute Gasteiger partial charge is 0.0678 e. The molecule has 0 atom stereocenters. The van der Waals surface area contributed by atoms with Crippen LogP contribution in [-0.2, 0) is 0 Å². The number of rotatable bonds is 1. The van der Waals surface area contributed by atoms with Crippen LogP contribution >= 0.6 is 10.0 Å². The van der Waals surface area contributed by atoms with Gasteiger partial charge < -0.3 is 14.4 Å². The Labute approximate surface area is 80.4 Å². The number of hydrogen-bond donors (Lipinski definition) is 0. The van der Waals surface area contributed by atoms with Crippen molar-refractivity contribution in [2.75, 3.05) is 0 Å². The van der Waals surface area contributed by atoms with E-state index in [-0.39, 0.29) is 7.43 Å². The summed E-state index contributed by atoms with van der Waals surface area (Å²) in [6.07, 6.45) is 2.28. The molecule has 66 valence electrons. The van der Waals surface area contributed by atoms with Crippen LogP contribution in [0.3, 0.4) is 0 Å². The molecule has 0 nitrogen and oxygen atoms in total. The molecule has 0 bridgehead atoms. The Hall–Kier alpha value is 0.677. The third-order valence-electron chi connectivity index (χ3n) is 0.354. The zero-order chi connectivity index (χ0) is 8.99. The molecule has 0 rings (SSSR count). The minimum absolute atomic E-state index is 0. The molecule has 0 aliphatic carbocycles. The molecule has 0 saturated carbocycles. The van der Waals surface area contributed by atoms with Crippen LogP contribution in [0.5, 0.6) is 0 Å². The van der Waals surface area contributed by atoms with Crippen molar-refractivity contribution < 1.29 is 12.9 Å². The van der Waals surface area contributed by atoms with E-state index in [1.807, 2.05) is 15.4 Å². The van der Waals surface area contributed by atoms with Gasteiger partial charge in [-0.15, -0.1) is 0 Å². The van der Waals surface area contributed by atoms with Crippen LogP contribution in [0.2, 0.25) is 0 Å². The van der Waals surface area contributed by atoms with Crippen molar-refractivity contribution in [1.29, 1.82) is 0 Å². The van der Waals surface area contributed by atoms with Gasteiger partial charge >= 0.3 is 33.0 Å². The SMILES string of the molecule is FB(F)F.[Al+2][Cl].[CH2-]CCC.[CH3-]. The van der Waals surface area contributed by atoms with Gasteiger partial charge in [0.15, 0.2) is 0 Å². The van der Waals surface area contributed by atoms with E-state index in [4.69, 9.17) is 0 Å². The summed E-state index contributed by atoms with van der Waals surface area (Å²) in [5.74, 6) is 0. The van der Waals surface area contributed by atoms with Crippen LogP contribution in [-0.4, -0.2) is 22.9 Å². The van der Waals surface area contributed by atoms with Gasteiger partial charge in [-0.25, -0.2) is 0 Å². The summed E-state index contributed by atoms with van der Waals surface area (Å²) < 4.78 is 29.0. The van der Waals surface area contributed by atoms with Gasteiger partial charge in [-0.3, -0.25) is 12.9 Å². The second-order valence-corrected chi connectivity index (χ2v) is 1.10. The predicted octanol–water partition coefficient (Wildman–Crippen LogP) is 3.26. The summed E-state index contributed by atoms with van der Waals surface area (Å²) in [5, 5.41) is 0. The minimum Gasteiger partial charge on any atom is -0.358 e. The van der Waals surface area contributed by atoms with Crippen molar-refractivity contribution >= 4 is 33.0 Å².